The van der Waals surface area contributed by atoms with E-state index in [-0.39, 0.29) is 27.3 Å². The molecule has 2 heterocycles. The van der Waals surface area contributed by atoms with Crippen molar-refractivity contribution in [2.75, 3.05) is 45.8 Å². The van der Waals surface area contributed by atoms with E-state index in [0.29, 0.717) is 44.2 Å². The van der Waals surface area contributed by atoms with Crippen molar-refractivity contribution in [1.29, 1.82) is 5.26 Å². The number of rotatable bonds is 7. The molecule has 0 bridgehead atoms. The number of thioether (sulfide) groups is 1. The van der Waals surface area contributed by atoms with Gasteiger partial charge in [0.05, 0.1) is 54.4 Å². The summed E-state index contributed by atoms with van der Waals surface area (Å²) in [5.41, 5.74) is 0.646. The van der Waals surface area contributed by atoms with Gasteiger partial charge in [0.2, 0.25) is 11.8 Å². The highest BCUT2D eigenvalue weighted by molar-refractivity contribution is 8.03. The number of carbonyl (C=O) groups excluding carboxylic acids is 3. The summed E-state index contributed by atoms with van der Waals surface area (Å²) in [6.45, 7) is 4.17. The summed E-state index contributed by atoms with van der Waals surface area (Å²) in [4.78, 5) is 39.6. The fourth-order valence-corrected chi connectivity index (χ4v) is 4.90. The van der Waals surface area contributed by atoms with Gasteiger partial charge in [-0.05, 0) is 24.6 Å². The average Bonchev–Trinajstić information content (AvgIpc) is 2.83. The largest absolute Gasteiger partial charge is 0.492 e. The second kappa shape index (κ2) is 11.4. The Balaban J connectivity index is 1.95. The molecule has 3 rings (SSSR count). The number of esters is 1. The first-order valence-electron chi connectivity index (χ1n) is 10.3. The molecule has 0 radical (unpaired) electrons. The molecule has 33 heavy (non-hydrogen) atoms. The van der Waals surface area contributed by atoms with Crippen LogP contribution in [0.1, 0.15) is 18.4 Å². The second-order valence-electron chi connectivity index (χ2n) is 7.23. The van der Waals surface area contributed by atoms with Gasteiger partial charge >= 0.3 is 5.97 Å². The Kier molecular flexibility index (Phi) is 8.61. The minimum absolute atomic E-state index is 0.0282. The molecule has 1 aromatic rings. The number of halogens is 1. The lowest BCUT2D eigenvalue weighted by atomic mass is 9.78. The van der Waals surface area contributed by atoms with Crippen molar-refractivity contribution in [1.82, 2.24) is 10.2 Å². The smallest absolute Gasteiger partial charge is 0.319 e. The number of hydrogen-bond donors (Lipinski definition) is 1. The maximum atomic E-state index is 12.9. The highest BCUT2D eigenvalue weighted by Crippen LogP contribution is 2.42. The first kappa shape index (κ1) is 24.9. The number of nitrogens with one attached hydrogen (secondary N) is 1. The summed E-state index contributed by atoms with van der Waals surface area (Å²) < 4.78 is 15.6. The fraction of sp³-hybridized carbons (Fsp3) is 0.455. The molecule has 0 aliphatic carbocycles. The van der Waals surface area contributed by atoms with Crippen LogP contribution >= 0.6 is 23.4 Å². The number of allylic oxidation sites excluding steroid dienone is 1. The molecular weight excluding hydrogens is 470 g/mol. The van der Waals surface area contributed by atoms with Gasteiger partial charge in [-0.15, -0.1) is 0 Å². The second-order valence-corrected chi connectivity index (χ2v) is 8.62. The number of benzene rings is 1. The molecule has 176 valence electrons. The van der Waals surface area contributed by atoms with Crippen molar-refractivity contribution >= 4 is 41.1 Å². The molecule has 1 fully saturated rings. The number of nitrogens with zero attached hydrogens (tertiary/aromatic N) is 2. The van der Waals surface area contributed by atoms with Crippen LogP contribution in [0.5, 0.6) is 5.75 Å². The maximum Gasteiger partial charge on any atom is 0.319 e. The van der Waals surface area contributed by atoms with Crippen LogP contribution in [0.15, 0.2) is 28.8 Å². The highest BCUT2D eigenvalue weighted by atomic mass is 35.5. The zero-order valence-electron chi connectivity index (χ0n) is 18.3. The Bertz CT molecular complexity index is 1000. The van der Waals surface area contributed by atoms with Crippen LogP contribution in [-0.2, 0) is 23.9 Å². The zero-order chi connectivity index (χ0) is 24.0. The van der Waals surface area contributed by atoms with Gasteiger partial charge in [-0.25, -0.2) is 0 Å². The molecule has 0 aromatic heterocycles. The number of ether oxygens (including phenoxy) is 3. The standard InChI is InChI=1S/C22H24ClN3O6S/c1-3-32-16-5-4-13(10-15(16)23)18-14(11-24)21(25-20(28)19(18)22(29)30-2)33-12-17(27)26-6-8-31-9-7-26/h4-5,10,18-19H,3,6-9,12H2,1-2H3,(H,25,28)/t18-,19-/m1/s1. The molecule has 2 atom stereocenters. The van der Waals surface area contributed by atoms with Crippen molar-refractivity contribution in [3.63, 3.8) is 0 Å². The van der Waals surface area contributed by atoms with Crippen molar-refractivity contribution in [2.45, 2.75) is 12.8 Å². The third kappa shape index (κ3) is 5.61. The van der Waals surface area contributed by atoms with Crippen molar-refractivity contribution in [2.24, 2.45) is 5.92 Å². The van der Waals surface area contributed by atoms with Gasteiger partial charge in [-0.3, -0.25) is 14.4 Å². The number of morpholine rings is 1. The lowest BCUT2D eigenvalue weighted by Gasteiger charge is -2.31. The minimum Gasteiger partial charge on any atom is -0.492 e. The zero-order valence-corrected chi connectivity index (χ0v) is 19.8. The van der Waals surface area contributed by atoms with E-state index in [4.69, 9.17) is 25.8 Å². The molecule has 2 amide bonds. The lowest BCUT2D eigenvalue weighted by molar-refractivity contribution is -0.150. The minimum atomic E-state index is -1.28. The number of hydrogen-bond acceptors (Lipinski definition) is 8. The van der Waals surface area contributed by atoms with Gasteiger partial charge < -0.3 is 24.4 Å². The van der Waals surface area contributed by atoms with E-state index in [1.807, 2.05) is 6.92 Å². The van der Waals surface area contributed by atoms with E-state index >= 15 is 0 Å². The molecular formula is C22H24ClN3O6S. The Morgan fingerprint density at radius 2 is 2.09 bits per heavy atom. The summed E-state index contributed by atoms with van der Waals surface area (Å²) in [5.74, 6) is -3.24. The van der Waals surface area contributed by atoms with E-state index in [1.165, 1.54) is 7.11 Å². The topological polar surface area (TPSA) is 118 Å². The molecule has 1 N–H and O–H groups in total. The first-order chi connectivity index (χ1) is 15.9. The van der Waals surface area contributed by atoms with Gasteiger partial charge in [-0.1, -0.05) is 29.4 Å². The lowest BCUT2D eigenvalue weighted by Crippen LogP contribution is -2.45. The van der Waals surface area contributed by atoms with Gasteiger partial charge in [0.1, 0.15) is 11.7 Å². The monoisotopic (exact) mass is 493 g/mol. The Morgan fingerprint density at radius 1 is 1.36 bits per heavy atom. The van der Waals surface area contributed by atoms with Crippen LogP contribution in [0.3, 0.4) is 0 Å². The summed E-state index contributed by atoms with van der Waals surface area (Å²) in [6, 6.07) is 6.98. The predicted molar refractivity (Wildman–Crippen MR) is 122 cm³/mol. The van der Waals surface area contributed by atoms with Gasteiger partial charge in [0.15, 0.2) is 0 Å². The van der Waals surface area contributed by atoms with E-state index in [0.717, 1.165) is 11.8 Å². The maximum absolute atomic E-state index is 12.9. The van der Waals surface area contributed by atoms with Gasteiger partial charge in [0, 0.05) is 19.0 Å². The van der Waals surface area contributed by atoms with Crippen molar-refractivity contribution in [3.05, 3.63) is 39.4 Å². The van der Waals surface area contributed by atoms with Crippen molar-refractivity contribution in [3.8, 4) is 11.8 Å². The summed E-state index contributed by atoms with van der Waals surface area (Å²) in [5, 5.41) is 13.1. The quantitative estimate of drug-likeness (QED) is 0.453. The molecule has 2 aliphatic heterocycles. The molecule has 11 heteroatoms. The van der Waals surface area contributed by atoms with Crippen LogP contribution < -0.4 is 10.1 Å². The van der Waals surface area contributed by atoms with E-state index < -0.39 is 23.7 Å². The number of nitriles is 1. The molecule has 2 aliphatic rings. The molecule has 0 spiro atoms. The average molecular weight is 494 g/mol. The van der Waals surface area contributed by atoms with Crippen LogP contribution in [0.2, 0.25) is 5.02 Å². The summed E-state index contributed by atoms with van der Waals surface area (Å²) in [7, 11) is 1.18. The third-order valence-electron chi connectivity index (χ3n) is 5.30. The number of amides is 2. The molecule has 9 nitrogen and oxygen atoms in total. The highest BCUT2D eigenvalue weighted by Gasteiger charge is 2.44. The number of methoxy groups -OCH3 is 1. The molecule has 0 unspecified atom stereocenters. The normalized spacial score (nSPS) is 20.7. The molecule has 0 saturated carbocycles. The Labute approximate surface area is 201 Å². The SMILES string of the molecule is CCOc1ccc([C@@H]2C(C#N)=C(SCC(=O)N3CCOCC3)NC(=O)[C@@H]2C(=O)OC)cc1Cl. The number of carbonyl (C=O) groups is 3. The van der Waals surface area contributed by atoms with Crippen LogP contribution in [-0.4, -0.2) is 68.5 Å². The van der Waals surface area contributed by atoms with E-state index in [1.54, 1.807) is 23.1 Å². The van der Waals surface area contributed by atoms with Gasteiger partial charge in [0.25, 0.3) is 0 Å². The van der Waals surface area contributed by atoms with Crippen LogP contribution in [0.25, 0.3) is 0 Å². The first-order valence-corrected chi connectivity index (χ1v) is 11.7. The van der Waals surface area contributed by atoms with Crippen LogP contribution in [0, 0.1) is 17.2 Å². The molecule has 1 saturated heterocycles. The van der Waals surface area contributed by atoms with Crippen molar-refractivity contribution < 1.29 is 28.6 Å². The van der Waals surface area contributed by atoms with E-state index in [2.05, 4.69) is 11.4 Å². The Morgan fingerprint density at radius 3 is 2.70 bits per heavy atom. The van der Waals surface area contributed by atoms with Gasteiger partial charge in [-0.2, -0.15) is 5.26 Å². The summed E-state index contributed by atoms with van der Waals surface area (Å²) >= 11 is 7.39. The Hall–Kier alpha value is -2.74. The fourth-order valence-electron chi connectivity index (χ4n) is 3.70. The molecule has 1 aromatic carbocycles. The third-order valence-corrected chi connectivity index (χ3v) is 6.60. The van der Waals surface area contributed by atoms with E-state index in [9.17, 15) is 19.6 Å². The summed E-state index contributed by atoms with van der Waals surface area (Å²) in [6.07, 6.45) is 0. The predicted octanol–water partition coefficient (Wildman–Crippen LogP) is 2.07. The van der Waals surface area contributed by atoms with Crippen LogP contribution in [0.4, 0.5) is 0 Å².